The molecule has 0 saturated carbocycles. The lowest BCUT2D eigenvalue weighted by atomic mass is 9.97. The van der Waals surface area contributed by atoms with Crippen molar-refractivity contribution in [3.8, 4) is 0 Å². The molecule has 0 unspecified atom stereocenters. The van der Waals surface area contributed by atoms with Crippen LogP contribution in [0.5, 0.6) is 0 Å². The van der Waals surface area contributed by atoms with Gasteiger partial charge in [-0.3, -0.25) is 14.4 Å². The lowest BCUT2D eigenvalue weighted by molar-refractivity contribution is -0.158. The molecule has 0 atom stereocenters. The number of ether oxygens (including phenoxy) is 2. The molecule has 1 aromatic rings. The van der Waals surface area contributed by atoms with E-state index in [2.05, 4.69) is 5.32 Å². The summed E-state index contributed by atoms with van der Waals surface area (Å²) in [6.45, 7) is 4.15. The van der Waals surface area contributed by atoms with Crippen molar-refractivity contribution in [1.82, 2.24) is 0 Å². The van der Waals surface area contributed by atoms with Gasteiger partial charge in [-0.05, 0) is 51.0 Å². The van der Waals surface area contributed by atoms with Crippen LogP contribution in [0, 0.1) is 5.92 Å². The Balaban J connectivity index is 2.14. The van der Waals surface area contributed by atoms with E-state index >= 15 is 0 Å². The number of esters is 2. The molecule has 0 bridgehead atoms. The van der Waals surface area contributed by atoms with Crippen LogP contribution < -0.4 is 5.32 Å². The molecule has 9 heteroatoms. The van der Waals surface area contributed by atoms with Gasteiger partial charge in [0.05, 0.1) is 13.2 Å². The molecule has 0 aliphatic carbocycles. The van der Waals surface area contributed by atoms with Gasteiger partial charge in [0.15, 0.2) is 5.78 Å². The molecule has 0 aliphatic rings. The van der Waals surface area contributed by atoms with Gasteiger partial charge in [0.1, 0.15) is 0 Å². The van der Waals surface area contributed by atoms with Crippen molar-refractivity contribution in [1.29, 1.82) is 0 Å². The van der Waals surface area contributed by atoms with Gasteiger partial charge < -0.3 is 14.8 Å². The number of nitrogens with one attached hydrogen (secondary N) is 1. The van der Waals surface area contributed by atoms with E-state index in [4.69, 9.17) is 9.47 Å². The summed E-state index contributed by atoms with van der Waals surface area (Å²) >= 11 is 0. The molecule has 39 heavy (non-hydrogen) atoms. The predicted octanol–water partition coefficient (Wildman–Crippen LogP) is 8.05. The average Bonchev–Trinajstić information content (AvgIpc) is 2.88. The maximum atomic E-state index is 12.8. The third-order valence-corrected chi connectivity index (χ3v) is 6.44. The summed E-state index contributed by atoms with van der Waals surface area (Å²) in [5.74, 6) is -4.06. The zero-order chi connectivity index (χ0) is 28.9. The average molecular weight is 558 g/mol. The first kappa shape index (κ1) is 34.4. The highest BCUT2D eigenvalue weighted by atomic mass is 19.4. The molecule has 1 rings (SSSR count). The lowest BCUT2D eigenvalue weighted by Gasteiger charge is -2.14. The number of hydrogen-bond acceptors (Lipinski definition) is 6. The predicted molar refractivity (Wildman–Crippen MR) is 147 cm³/mol. The maximum absolute atomic E-state index is 12.8. The first-order valence-electron chi connectivity index (χ1n) is 14.5. The zero-order valence-electron chi connectivity index (χ0n) is 23.6. The van der Waals surface area contributed by atoms with E-state index in [9.17, 15) is 27.6 Å². The van der Waals surface area contributed by atoms with Gasteiger partial charge in [-0.2, -0.15) is 13.2 Å². The summed E-state index contributed by atoms with van der Waals surface area (Å²) in [6, 6.07) is 6.68. The van der Waals surface area contributed by atoms with Crippen molar-refractivity contribution in [2.75, 3.05) is 25.1 Å². The second-order valence-electron chi connectivity index (χ2n) is 9.77. The van der Waals surface area contributed by atoms with Crippen LogP contribution in [-0.2, 0) is 19.1 Å². The van der Waals surface area contributed by atoms with E-state index in [0.717, 1.165) is 44.3 Å². The Hall–Kier alpha value is -2.58. The Morgan fingerprint density at radius 2 is 1.10 bits per heavy atom. The lowest BCUT2D eigenvalue weighted by Crippen LogP contribution is -2.35. The van der Waals surface area contributed by atoms with Crippen LogP contribution in [0.2, 0.25) is 0 Å². The van der Waals surface area contributed by atoms with E-state index in [0.29, 0.717) is 6.42 Å². The van der Waals surface area contributed by atoms with E-state index < -0.39 is 36.2 Å². The molecular weight excluding hydrogens is 511 g/mol. The highest BCUT2D eigenvalue weighted by molar-refractivity contribution is 6.20. The number of benzene rings is 1. The minimum absolute atomic E-state index is 0.0618. The number of alkyl halides is 3. The largest absolute Gasteiger partial charge is 0.465 e. The molecule has 222 valence electrons. The minimum Gasteiger partial charge on any atom is -0.465 e. The molecule has 0 aromatic heterocycles. The SMILES string of the molecule is CCOC(=O)C(C(=O)OCC)C(=O)c1ccc(NCCCCCCCCCCCCCCCC(F)(F)F)cc1. The summed E-state index contributed by atoms with van der Waals surface area (Å²) in [4.78, 5) is 37.1. The summed E-state index contributed by atoms with van der Waals surface area (Å²) in [7, 11) is 0. The molecule has 1 N–H and O–H groups in total. The van der Waals surface area contributed by atoms with Gasteiger partial charge in [-0.25, -0.2) is 0 Å². The smallest absolute Gasteiger partial charge is 0.389 e. The summed E-state index contributed by atoms with van der Waals surface area (Å²) in [5, 5.41) is 3.33. The summed E-state index contributed by atoms with van der Waals surface area (Å²) < 4.78 is 46.0. The van der Waals surface area contributed by atoms with Crippen LogP contribution in [-0.4, -0.2) is 43.7 Å². The number of rotatable bonds is 22. The molecule has 1 aromatic carbocycles. The molecule has 0 amide bonds. The molecular formula is C30H46F3NO5. The van der Waals surface area contributed by atoms with Crippen LogP contribution in [0.1, 0.15) is 114 Å². The topological polar surface area (TPSA) is 81.7 Å². The highest BCUT2D eigenvalue weighted by Gasteiger charge is 2.37. The second kappa shape index (κ2) is 20.3. The van der Waals surface area contributed by atoms with Crippen molar-refractivity contribution in [3.05, 3.63) is 29.8 Å². The molecule has 0 heterocycles. The Morgan fingerprint density at radius 1 is 0.692 bits per heavy atom. The van der Waals surface area contributed by atoms with Crippen LogP contribution in [0.15, 0.2) is 24.3 Å². The number of halogens is 3. The number of anilines is 1. The normalized spacial score (nSPS) is 11.4. The number of hydrogen-bond donors (Lipinski definition) is 1. The first-order valence-corrected chi connectivity index (χ1v) is 14.5. The number of carbonyl (C=O) groups excluding carboxylic acids is 3. The van der Waals surface area contributed by atoms with Gasteiger partial charge in [-0.15, -0.1) is 0 Å². The third kappa shape index (κ3) is 16.2. The van der Waals surface area contributed by atoms with Gasteiger partial charge >= 0.3 is 18.1 Å². The van der Waals surface area contributed by atoms with Gasteiger partial charge in [-0.1, -0.05) is 70.6 Å². The Bertz CT molecular complexity index is 809. The van der Waals surface area contributed by atoms with Crippen molar-refractivity contribution >= 4 is 23.4 Å². The molecule has 0 aliphatic heterocycles. The monoisotopic (exact) mass is 557 g/mol. The van der Waals surface area contributed by atoms with E-state index in [1.165, 1.54) is 38.5 Å². The van der Waals surface area contributed by atoms with Gasteiger partial charge in [0.25, 0.3) is 0 Å². The van der Waals surface area contributed by atoms with E-state index in [1.54, 1.807) is 38.1 Å². The van der Waals surface area contributed by atoms with Crippen LogP contribution in [0.25, 0.3) is 0 Å². The fraction of sp³-hybridized carbons (Fsp3) is 0.700. The van der Waals surface area contributed by atoms with Crippen molar-refractivity contribution in [3.63, 3.8) is 0 Å². The Kier molecular flexibility index (Phi) is 18.0. The molecule has 6 nitrogen and oxygen atoms in total. The Labute approximate surface area is 231 Å². The van der Waals surface area contributed by atoms with Crippen molar-refractivity contribution < 1.29 is 37.0 Å². The number of Topliss-reactive ketones (excluding diaryl/α,β-unsaturated/α-hetero) is 1. The maximum Gasteiger partial charge on any atom is 0.389 e. The van der Waals surface area contributed by atoms with Crippen molar-refractivity contribution in [2.45, 2.75) is 110 Å². The zero-order valence-corrected chi connectivity index (χ0v) is 23.6. The molecule has 0 radical (unpaired) electrons. The van der Waals surface area contributed by atoms with E-state index in [1.807, 2.05) is 0 Å². The fourth-order valence-electron chi connectivity index (χ4n) is 4.31. The standard InChI is InChI=1S/C30H46F3NO5/c1-3-38-28(36)26(29(37)39-4-2)27(35)24-18-20-25(21-19-24)34-23-17-15-13-11-9-7-5-6-8-10-12-14-16-22-30(31,32)33/h18-21,26,34H,3-17,22-23H2,1-2H3. The van der Waals surface area contributed by atoms with Crippen molar-refractivity contribution in [2.24, 2.45) is 5.92 Å². The third-order valence-electron chi connectivity index (χ3n) is 6.44. The van der Waals surface area contributed by atoms with Gasteiger partial charge in [0, 0.05) is 24.2 Å². The Morgan fingerprint density at radius 3 is 1.51 bits per heavy atom. The second-order valence-corrected chi connectivity index (χ2v) is 9.77. The molecule has 0 fully saturated rings. The van der Waals surface area contributed by atoms with E-state index in [-0.39, 0.29) is 25.2 Å². The van der Waals surface area contributed by atoms with Crippen LogP contribution >= 0.6 is 0 Å². The van der Waals surface area contributed by atoms with Gasteiger partial charge in [0.2, 0.25) is 5.92 Å². The highest BCUT2D eigenvalue weighted by Crippen LogP contribution is 2.23. The number of ketones is 1. The van der Waals surface area contributed by atoms with Crippen LogP contribution in [0.4, 0.5) is 18.9 Å². The molecule has 0 saturated heterocycles. The quantitative estimate of drug-likeness (QED) is 0.0672. The minimum atomic E-state index is -4.01. The summed E-state index contributed by atoms with van der Waals surface area (Å²) in [5.41, 5.74) is 1.10. The summed E-state index contributed by atoms with van der Waals surface area (Å²) in [6.07, 6.45) is 8.64. The number of carbonyl (C=O) groups is 3. The fourth-order valence-corrected chi connectivity index (χ4v) is 4.31. The first-order chi connectivity index (χ1) is 18.7. The van der Waals surface area contributed by atoms with Crippen LogP contribution in [0.3, 0.4) is 0 Å². The number of unbranched alkanes of at least 4 members (excludes halogenated alkanes) is 12. The molecule has 0 spiro atoms.